The van der Waals surface area contributed by atoms with E-state index < -0.39 is 42.1 Å². The Morgan fingerprint density at radius 3 is 1.88 bits per heavy atom. The van der Waals surface area contributed by atoms with Gasteiger partial charge < -0.3 is 0 Å². The fourth-order valence-electron chi connectivity index (χ4n) is 3.44. The first-order chi connectivity index (χ1) is 12.0. The van der Waals surface area contributed by atoms with Gasteiger partial charge in [-0.25, -0.2) is 16.8 Å². The Kier molecular flexibility index (Phi) is 5.13. The summed E-state index contributed by atoms with van der Waals surface area (Å²) < 4.78 is 88.9. The molecule has 1 heterocycles. The normalized spacial score (nSPS) is 21.5. The molecule has 1 saturated carbocycles. The van der Waals surface area contributed by atoms with Crippen molar-refractivity contribution < 1.29 is 30.0 Å². The summed E-state index contributed by atoms with van der Waals surface area (Å²) in [6.07, 6.45) is -0.563. The molecule has 0 aromatic heterocycles. The van der Waals surface area contributed by atoms with Crippen LogP contribution in [0.15, 0.2) is 29.2 Å². The summed E-state index contributed by atoms with van der Waals surface area (Å²) in [5.74, 6) is 0. The molecule has 0 bridgehead atoms. The minimum Gasteiger partial charge on any atom is -0.228 e. The Hall–Kier alpha value is -1.13. The standard InChI is InChI=1S/C16H20F3NO4S2/c17-16(18,19)12-6-8-14(9-7-12)26(23,24)20-10-15(11-20)25(21,22)13-4-2-1-3-5-13/h6-9,13,15H,1-5,10-11H2. The number of alkyl halides is 3. The second-order valence-electron chi connectivity index (χ2n) is 6.82. The quantitative estimate of drug-likeness (QED) is 0.764. The lowest BCUT2D eigenvalue weighted by Gasteiger charge is -2.39. The summed E-state index contributed by atoms with van der Waals surface area (Å²) in [7, 11) is -7.37. The Balaban J connectivity index is 1.69. The molecular formula is C16H20F3NO4S2. The van der Waals surface area contributed by atoms with Crippen molar-refractivity contribution in [1.82, 2.24) is 4.31 Å². The lowest BCUT2D eigenvalue weighted by molar-refractivity contribution is -0.137. The third-order valence-electron chi connectivity index (χ3n) is 5.12. The number of hydrogen-bond donors (Lipinski definition) is 0. The highest BCUT2D eigenvalue weighted by molar-refractivity contribution is 7.93. The van der Waals surface area contributed by atoms with Gasteiger partial charge in [-0.1, -0.05) is 19.3 Å². The zero-order valence-corrected chi connectivity index (χ0v) is 15.6. The maximum atomic E-state index is 12.6. The zero-order valence-electron chi connectivity index (χ0n) is 13.9. The van der Waals surface area contributed by atoms with Gasteiger partial charge in [0.05, 0.1) is 21.0 Å². The molecule has 0 N–H and O–H groups in total. The smallest absolute Gasteiger partial charge is 0.228 e. The van der Waals surface area contributed by atoms with E-state index in [2.05, 4.69) is 0 Å². The van der Waals surface area contributed by atoms with Crippen molar-refractivity contribution in [3.05, 3.63) is 29.8 Å². The van der Waals surface area contributed by atoms with Crippen molar-refractivity contribution in [2.75, 3.05) is 13.1 Å². The van der Waals surface area contributed by atoms with E-state index in [-0.39, 0.29) is 18.0 Å². The van der Waals surface area contributed by atoms with Crippen LogP contribution in [0.4, 0.5) is 13.2 Å². The zero-order chi connectivity index (χ0) is 19.2. The molecule has 2 aliphatic rings. The van der Waals surface area contributed by atoms with Crippen LogP contribution in [0, 0.1) is 0 Å². The van der Waals surface area contributed by atoms with Gasteiger partial charge in [-0.2, -0.15) is 17.5 Å². The molecule has 0 spiro atoms. The Bertz CT molecular complexity index is 852. The molecule has 146 valence electrons. The van der Waals surface area contributed by atoms with Gasteiger partial charge in [-0.05, 0) is 37.1 Å². The third kappa shape index (κ3) is 3.63. The summed E-state index contributed by atoms with van der Waals surface area (Å²) >= 11 is 0. The Morgan fingerprint density at radius 2 is 1.38 bits per heavy atom. The van der Waals surface area contributed by atoms with Crippen molar-refractivity contribution in [2.45, 2.75) is 53.7 Å². The van der Waals surface area contributed by atoms with Gasteiger partial charge in [0, 0.05) is 13.1 Å². The maximum absolute atomic E-state index is 12.6. The van der Waals surface area contributed by atoms with Gasteiger partial charge in [0.2, 0.25) is 10.0 Å². The van der Waals surface area contributed by atoms with E-state index in [1.165, 1.54) is 0 Å². The van der Waals surface area contributed by atoms with E-state index in [9.17, 15) is 30.0 Å². The lowest BCUT2D eigenvalue weighted by Crippen LogP contribution is -2.58. The number of hydrogen-bond acceptors (Lipinski definition) is 4. The van der Waals surface area contributed by atoms with Gasteiger partial charge in [0.25, 0.3) is 0 Å². The molecule has 1 aliphatic carbocycles. The number of nitrogens with zero attached hydrogens (tertiary/aromatic N) is 1. The molecule has 0 atom stereocenters. The van der Waals surface area contributed by atoms with Crippen LogP contribution in [0.5, 0.6) is 0 Å². The molecule has 5 nitrogen and oxygen atoms in total. The lowest BCUT2D eigenvalue weighted by atomic mass is 10.0. The van der Waals surface area contributed by atoms with E-state index in [1.807, 2.05) is 0 Å². The van der Waals surface area contributed by atoms with Crippen molar-refractivity contribution in [2.24, 2.45) is 0 Å². The maximum Gasteiger partial charge on any atom is 0.416 e. The van der Waals surface area contributed by atoms with E-state index >= 15 is 0 Å². The number of benzene rings is 1. The minimum absolute atomic E-state index is 0.137. The topological polar surface area (TPSA) is 71.5 Å². The van der Waals surface area contributed by atoms with E-state index in [1.54, 1.807) is 0 Å². The van der Waals surface area contributed by atoms with Crippen molar-refractivity contribution in [3.8, 4) is 0 Å². The third-order valence-corrected chi connectivity index (χ3v) is 9.59. The van der Waals surface area contributed by atoms with Gasteiger partial charge in [0.1, 0.15) is 0 Å². The molecule has 0 amide bonds. The number of sulfonamides is 1. The molecular weight excluding hydrogens is 391 g/mol. The molecule has 0 unspecified atom stereocenters. The van der Waals surface area contributed by atoms with Crippen LogP contribution in [0.25, 0.3) is 0 Å². The summed E-state index contributed by atoms with van der Waals surface area (Å²) in [6.45, 7) is -0.273. The first-order valence-electron chi connectivity index (χ1n) is 8.43. The minimum atomic E-state index is -4.54. The highest BCUT2D eigenvalue weighted by atomic mass is 32.2. The monoisotopic (exact) mass is 411 g/mol. The first-order valence-corrected chi connectivity index (χ1v) is 11.5. The molecule has 1 aromatic carbocycles. The summed E-state index contributed by atoms with van der Waals surface area (Å²) in [5.41, 5.74) is -0.933. The van der Waals surface area contributed by atoms with Crippen LogP contribution in [-0.2, 0) is 26.0 Å². The highest BCUT2D eigenvalue weighted by Gasteiger charge is 2.46. The molecule has 2 fully saturated rings. The molecule has 3 rings (SSSR count). The fraction of sp³-hybridized carbons (Fsp3) is 0.625. The number of rotatable bonds is 4. The van der Waals surface area contributed by atoms with Crippen LogP contribution in [0.3, 0.4) is 0 Å². The molecule has 26 heavy (non-hydrogen) atoms. The van der Waals surface area contributed by atoms with Crippen molar-refractivity contribution >= 4 is 19.9 Å². The molecule has 1 aromatic rings. The predicted molar refractivity (Wildman–Crippen MR) is 89.8 cm³/mol. The Morgan fingerprint density at radius 1 is 0.846 bits per heavy atom. The summed E-state index contributed by atoms with van der Waals surface area (Å²) in [5, 5.41) is -1.13. The molecule has 1 aliphatic heterocycles. The van der Waals surface area contributed by atoms with Gasteiger partial charge >= 0.3 is 6.18 Å². The number of halogens is 3. The average Bonchev–Trinajstić information content (AvgIpc) is 2.53. The van der Waals surface area contributed by atoms with Crippen LogP contribution < -0.4 is 0 Å². The molecule has 10 heteroatoms. The Labute approximate surface area is 151 Å². The summed E-state index contributed by atoms with van der Waals surface area (Å²) in [6, 6.07) is 3.23. The average molecular weight is 411 g/mol. The van der Waals surface area contributed by atoms with Crippen LogP contribution in [0.2, 0.25) is 0 Å². The van der Waals surface area contributed by atoms with Crippen molar-refractivity contribution in [1.29, 1.82) is 0 Å². The first kappa shape index (κ1) is 19.6. The second kappa shape index (κ2) is 6.79. The predicted octanol–water partition coefficient (Wildman–Crippen LogP) is 2.83. The van der Waals surface area contributed by atoms with Crippen molar-refractivity contribution in [3.63, 3.8) is 0 Å². The molecule has 0 radical (unpaired) electrons. The molecule has 1 saturated heterocycles. The van der Waals surface area contributed by atoms with Gasteiger partial charge in [0.15, 0.2) is 9.84 Å². The van der Waals surface area contributed by atoms with E-state index in [0.29, 0.717) is 25.0 Å². The van der Waals surface area contributed by atoms with Crippen LogP contribution in [-0.4, -0.2) is 44.7 Å². The van der Waals surface area contributed by atoms with Crippen LogP contribution in [0.1, 0.15) is 37.7 Å². The van der Waals surface area contributed by atoms with Gasteiger partial charge in [-0.3, -0.25) is 0 Å². The second-order valence-corrected chi connectivity index (χ2v) is 11.3. The fourth-order valence-corrected chi connectivity index (χ4v) is 7.47. The summed E-state index contributed by atoms with van der Waals surface area (Å²) in [4.78, 5) is -0.265. The van der Waals surface area contributed by atoms with E-state index in [4.69, 9.17) is 0 Å². The van der Waals surface area contributed by atoms with Crippen LogP contribution >= 0.6 is 0 Å². The van der Waals surface area contributed by atoms with Gasteiger partial charge in [-0.15, -0.1) is 0 Å². The largest absolute Gasteiger partial charge is 0.416 e. The number of sulfone groups is 1. The SMILES string of the molecule is O=S(=O)(C1CCCCC1)C1CN(S(=O)(=O)c2ccc(C(F)(F)F)cc2)C1. The van der Waals surface area contributed by atoms with E-state index in [0.717, 1.165) is 35.7 Å². The highest BCUT2D eigenvalue weighted by Crippen LogP contribution is 2.33.